The number of benzene rings is 1. The number of hydrogen-bond donors (Lipinski definition) is 2. The fraction of sp³-hybridized carbons (Fsp3) is 0.273. The summed E-state index contributed by atoms with van der Waals surface area (Å²) in [6.45, 7) is 1.31. The summed E-state index contributed by atoms with van der Waals surface area (Å²) in [6.07, 6.45) is -0.132. The van der Waals surface area contributed by atoms with Crippen molar-refractivity contribution in [2.75, 3.05) is 0 Å². The van der Waals surface area contributed by atoms with Crippen LogP contribution in [0.25, 0.3) is 0 Å². The quantitative estimate of drug-likeness (QED) is 0.589. The molecule has 0 radical (unpaired) electrons. The number of esters is 1. The summed E-state index contributed by atoms with van der Waals surface area (Å²) in [5.74, 6) is -0.932. The molecule has 0 aliphatic carbocycles. The number of aliphatic carboxylic acids is 1. The summed E-state index contributed by atoms with van der Waals surface area (Å²) in [5.41, 5.74) is 6.35. The second kappa shape index (κ2) is 5.27. The molecule has 0 saturated heterocycles. The number of nitrogens with two attached hydrogens (primary N) is 1. The van der Waals surface area contributed by atoms with E-state index in [1.54, 1.807) is 24.3 Å². The van der Waals surface area contributed by atoms with Crippen LogP contribution in [0.2, 0.25) is 0 Å². The molecule has 0 fully saturated rings. The van der Waals surface area contributed by atoms with E-state index in [9.17, 15) is 9.59 Å². The van der Waals surface area contributed by atoms with Gasteiger partial charge in [0.05, 0.1) is 6.42 Å². The predicted molar refractivity (Wildman–Crippen MR) is 56.9 cm³/mol. The summed E-state index contributed by atoms with van der Waals surface area (Å²) in [7, 11) is 0. The van der Waals surface area contributed by atoms with Gasteiger partial charge in [-0.1, -0.05) is 12.1 Å². The Labute approximate surface area is 92.8 Å². The summed E-state index contributed by atoms with van der Waals surface area (Å²) < 4.78 is 4.83. The fourth-order valence-electron chi connectivity index (χ4n) is 1.26. The van der Waals surface area contributed by atoms with Crippen molar-refractivity contribution in [3.63, 3.8) is 0 Å². The van der Waals surface area contributed by atoms with Crippen LogP contribution in [-0.4, -0.2) is 17.0 Å². The summed E-state index contributed by atoms with van der Waals surface area (Å²) >= 11 is 0. The van der Waals surface area contributed by atoms with Gasteiger partial charge >= 0.3 is 11.9 Å². The Bertz CT molecular complexity index is 385. The van der Waals surface area contributed by atoms with Gasteiger partial charge in [-0.3, -0.25) is 9.59 Å². The standard InChI is InChI=1S/C11H13NO4/c1-7(13)16-9-4-2-8(3-5-9)10(12)6-11(14)15/h2-5,10H,6,12H2,1H3,(H,14,15). The minimum Gasteiger partial charge on any atom is -0.481 e. The molecule has 16 heavy (non-hydrogen) atoms. The van der Waals surface area contributed by atoms with Crippen molar-refractivity contribution in [3.05, 3.63) is 29.8 Å². The molecule has 0 aliphatic rings. The number of rotatable bonds is 4. The highest BCUT2D eigenvalue weighted by molar-refractivity contribution is 5.69. The monoisotopic (exact) mass is 223 g/mol. The van der Waals surface area contributed by atoms with Gasteiger partial charge < -0.3 is 15.6 Å². The number of carboxylic acid groups (broad SMARTS) is 1. The number of carboxylic acids is 1. The average molecular weight is 223 g/mol. The first-order chi connectivity index (χ1) is 7.49. The lowest BCUT2D eigenvalue weighted by molar-refractivity contribution is -0.137. The van der Waals surface area contributed by atoms with Crippen LogP contribution in [0.3, 0.4) is 0 Å². The van der Waals surface area contributed by atoms with Crippen LogP contribution in [0.4, 0.5) is 0 Å². The van der Waals surface area contributed by atoms with Crippen molar-refractivity contribution in [2.24, 2.45) is 5.73 Å². The minimum absolute atomic E-state index is 0.132. The summed E-state index contributed by atoms with van der Waals surface area (Å²) in [5, 5.41) is 8.57. The van der Waals surface area contributed by atoms with Crippen LogP contribution in [0, 0.1) is 0 Å². The van der Waals surface area contributed by atoms with Crippen LogP contribution < -0.4 is 10.5 Å². The minimum atomic E-state index is -0.948. The zero-order valence-electron chi connectivity index (χ0n) is 8.84. The lowest BCUT2D eigenvalue weighted by Gasteiger charge is -2.09. The van der Waals surface area contributed by atoms with E-state index in [2.05, 4.69) is 0 Å². The van der Waals surface area contributed by atoms with Gasteiger partial charge in [0.25, 0.3) is 0 Å². The van der Waals surface area contributed by atoms with Gasteiger partial charge in [0.2, 0.25) is 0 Å². The van der Waals surface area contributed by atoms with E-state index < -0.39 is 18.0 Å². The predicted octanol–water partition coefficient (Wildman–Crippen LogP) is 1.09. The molecule has 1 aromatic rings. The third-order valence-corrected chi connectivity index (χ3v) is 1.96. The van der Waals surface area contributed by atoms with Gasteiger partial charge in [-0.2, -0.15) is 0 Å². The Balaban J connectivity index is 2.70. The van der Waals surface area contributed by atoms with Crippen LogP contribution >= 0.6 is 0 Å². The Morgan fingerprint density at radius 3 is 2.38 bits per heavy atom. The molecule has 0 aromatic heterocycles. The molecule has 1 rings (SSSR count). The van der Waals surface area contributed by atoms with E-state index in [1.807, 2.05) is 0 Å². The average Bonchev–Trinajstić information content (AvgIpc) is 2.16. The van der Waals surface area contributed by atoms with Gasteiger partial charge in [0, 0.05) is 13.0 Å². The molecule has 86 valence electrons. The van der Waals surface area contributed by atoms with Crippen molar-refractivity contribution < 1.29 is 19.4 Å². The molecular weight excluding hydrogens is 210 g/mol. The SMILES string of the molecule is CC(=O)Oc1ccc(C(N)CC(=O)O)cc1. The fourth-order valence-corrected chi connectivity index (χ4v) is 1.26. The van der Waals surface area contributed by atoms with Crippen molar-refractivity contribution in [1.29, 1.82) is 0 Å². The lowest BCUT2D eigenvalue weighted by Crippen LogP contribution is -2.14. The van der Waals surface area contributed by atoms with E-state index in [-0.39, 0.29) is 6.42 Å². The molecule has 0 aliphatic heterocycles. The first-order valence-electron chi connectivity index (χ1n) is 4.75. The lowest BCUT2D eigenvalue weighted by atomic mass is 10.1. The van der Waals surface area contributed by atoms with Gasteiger partial charge in [-0.15, -0.1) is 0 Å². The summed E-state index contributed by atoms with van der Waals surface area (Å²) in [6, 6.07) is 5.90. The van der Waals surface area contributed by atoms with E-state index in [4.69, 9.17) is 15.6 Å². The maximum atomic E-state index is 10.7. The first kappa shape index (κ1) is 12.2. The topological polar surface area (TPSA) is 89.6 Å². The Hall–Kier alpha value is -1.88. The maximum absolute atomic E-state index is 10.7. The van der Waals surface area contributed by atoms with E-state index in [1.165, 1.54) is 6.92 Å². The molecule has 5 nitrogen and oxygen atoms in total. The molecule has 1 atom stereocenters. The van der Waals surface area contributed by atoms with Crippen LogP contribution in [0.5, 0.6) is 5.75 Å². The molecule has 0 saturated carbocycles. The molecule has 0 spiro atoms. The van der Waals surface area contributed by atoms with Crippen LogP contribution in [0.15, 0.2) is 24.3 Å². The highest BCUT2D eigenvalue weighted by Gasteiger charge is 2.10. The number of carbonyl (C=O) groups excluding carboxylic acids is 1. The maximum Gasteiger partial charge on any atom is 0.308 e. The largest absolute Gasteiger partial charge is 0.481 e. The van der Waals surface area contributed by atoms with Gasteiger partial charge in [-0.25, -0.2) is 0 Å². The Morgan fingerprint density at radius 1 is 1.38 bits per heavy atom. The van der Waals surface area contributed by atoms with Gasteiger partial charge in [0.1, 0.15) is 5.75 Å². The second-order valence-corrected chi connectivity index (χ2v) is 3.37. The van der Waals surface area contributed by atoms with Gasteiger partial charge in [-0.05, 0) is 17.7 Å². The first-order valence-corrected chi connectivity index (χ1v) is 4.75. The molecular formula is C11H13NO4. The normalized spacial score (nSPS) is 11.9. The summed E-state index contributed by atoms with van der Waals surface area (Å²) in [4.78, 5) is 21.1. The third-order valence-electron chi connectivity index (χ3n) is 1.96. The second-order valence-electron chi connectivity index (χ2n) is 3.37. The molecule has 1 aromatic carbocycles. The van der Waals surface area contributed by atoms with Crippen LogP contribution in [-0.2, 0) is 9.59 Å². The third kappa shape index (κ3) is 3.70. The zero-order chi connectivity index (χ0) is 12.1. The molecule has 0 bridgehead atoms. The molecule has 0 amide bonds. The van der Waals surface area contributed by atoms with Crippen LogP contribution in [0.1, 0.15) is 24.9 Å². The number of carbonyl (C=O) groups is 2. The Kier molecular flexibility index (Phi) is 4.02. The molecule has 3 N–H and O–H groups in total. The number of ether oxygens (including phenoxy) is 1. The molecule has 0 heterocycles. The van der Waals surface area contributed by atoms with E-state index in [0.29, 0.717) is 11.3 Å². The van der Waals surface area contributed by atoms with Crippen molar-refractivity contribution in [3.8, 4) is 5.75 Å². The van der Waals surface area contributed by atoms with Crippen molar-refractivity contribution in [1.82, 2.24) is 0 Å². The zero-order valence-corrected chi connectivity index (χ0v) is 8.84. The van der Waals surface area contributed by atoms with Crippen molar-refractivity contribution in [2.45, 2.75) is 19.4 Å². The van der Waals surface area contributed by atoms with E-state index >= 15 is 0 Å². The number of hydrogen-bond acceptors (Lipinski definition) is 4. The molecule has 1 unspecified atom stereocenters. The highest BCUT2D eigenvalue weighted by atomic mass is 16.5. The smallest absolute Gasteiger partial charge is 0.308 e. The highest BCUT2D eigenvalue weighted by Crippen LogP contribution is 2.18. The Morgan fingerprint density at radius 2 is 1.94 bits per heavy atom. The van der Waals surface area contributed by atoms with E-state index in [0.717, 1.165) is 0 Å². The van der Waals surface area contributed by atoms with Gasteiger partial charge in [0.15, 0.2) is 0 Å². The van der Waals surface area contributed by atoms with Crippen molar-refractivity contribution >= 4 is 11.9 Å². The molecule has 5 heteroatoms.